The summed E-state index contributed by atoms with van der Waals surface area (Å²) in [6, 6.07) is 19.4. The zero-order valence-corrected chi connectivity index (χ0v) is 16.9. The van der Waals surface area contributed by atoms with Crippen LogP contribution < -0.4 is 0 Å². The summed E-state index contributed by atoms with van der Waals surface area (Å²) in [4.78, 5) is 24.3. The topological polar surface area (TPSA) is 50.5 Å². The minimum Gasteiger partial charge on any atom is -0.333 e. The number of hydrogen-bond acceptors (Lipinski definition) is 3. The van der Waals surface area contributed by atoms with E-state index in [4.69, 9.17) is 11.6 Å². The van der Waals surface area contributed by atoms with Crippen LogP contribution in [0.1, 0.15) is 27.4 Å². The van der Waals surface area contributed by atoms with E-state index >= 15 is 0 Å². The van der Waals surface area contributed by atoms with Crippen LogP contribution in [0.25, 0.3) is 5.65 Å². The van der Waals surface area contributed by atoms with Gasteiger partial charge in [0, 0.05) is 48.7 Å². The molecule has 0 spiro atoms. The zero-order valence-electron chi connectivity index (χ0n) is 16.1. The number of aryl methyl sites for hydroxylation is 1. The standard InChI is InChI=1S/C23H21ClN4O/c1-17-22(28-14-10-19(24)15-21(28)26-17)23(29)27(16-18-7-3-2-4-8-18)13-11-20-9-5-6-12-25-20/h2-10,12,14-15H,11,13,16H2,1H3. The fourth-order valence-corrected chi connectivity index (χ4v) is 3.55. The van der Waals surface area contributed by atoms with Crippen LogP contribution in [0, 0.1) is 6.92 Å². The number of rotatable bonds is 6. The number of fused-ring (bicyclic) bond motifs is 1. The first-order valence-corrected chi connectivity index (χ1v) is 9.87. The highest BCUT2D eigenvalue weighted by Gasteiger charge is 2.23. The molecule has 4 rings (SSSR count). The van der Waals surface area contributed by atoms with E-state index in [1.807, 2.05) is 64.8 Å². The number of carbonyl (C=O) groups excluding carboxylic acids is 1. The predicted octanol–water partition coefficient (Wildman–Crippen LogP) is 4.58. The molecule has 0 aliphatic heterocycles. The average Bonchev–Trinajstić information content (AvgIpc) is 3.06. The summed E-state index contributed by atoms with van der Waals surface area (Å²) in [5.41, 5.74) is 3.96. The van der Waals surface area contributed by atoms with E-state index in [1.165, 1.54) is 0 Å². The number of benzene rings is 1. The third-order valence-electron chi connectivity index (χ3n) is 4.83. The third-order valence-corrected chi connectivity index (χ3v) is 5.07. The number of imidazole rings is 1. The van der Waals surface area contributed by atoms with Gasteiger partial charge in [-0.3, -0.25) is 14.2 Å². The Morgan fingerprint density at radius 2 is 1.90 bits per heavy atom. The molecule has 4 aromatic rings. The van der Waals surface area contributed by atoms with Gasteiger partial charge in [-0.15, -0.1) is 0 Å². The van der Waals surface area contributed by atoms with Crippen molar-refractivity contribution in [2.45, 2.75) is 19.9 Å². The van der Waals surface area contributed by atoms with Crippen LogP contribution in [0.5, 0.6) is 0 Å². The van der Waals surface area contributed by atoms with Crippen LogP contribution in [-0.4, -0.2) is 31.7 Å². The largest absolute Gasteiger partial charge is 0.333 e. The molecular formula is C23H21ClN4O. The quantitative estimate of drug-likeness (QED) is 0.472. The highest BCUT2D eigenvalue weighted by Crippen LogP contribution is 2.19. The van der Waals surface area contributed by atoms with E-state index < -0.39 is 0 Å². The van der Waals surface area contributed by atoms with E-state index in [9.17, 15) is 4.79 Å². The summed E-state index contributed by atoms with van der Waals surface area (Å²) in [5.74, 6) is -0.0582. The normalized spacial score (nSPS) is 11.0. The lowest BCUT2D eigenvalue weighted by Gasteiger charge is -2.23. The Morgan fingerprint density at radius 1 is 1.10 bits per heavy atom. The van der Waals surface area contributed by atoms with E-state index in [1.54, 1.807) is 24.5 Å². The number of halogens is 1. The lowest BCUT2D eigenvalue weighted by Crippen LogP contribution is -2.34. The molecule has 5 nitrogen and oxygen atoms in total. The van der Waals surface area contributed by atoms with Crippen molar-refractivity contribution in [1.29, 1.82) is 0 Å². The Balaban J connectivity index is 1.66. The van der Waals surface area contributed by atoms with Crippen molar-refractivity contribution >= 4 is 23.2 Å². The molecule has 29 heavy (non-hydrogen) atoms. The van der Waals surface area contributed by atoms with Gasteiger partial charge in [0.15, 0.2) is 0 Å². The van der Waals surface area contributed by atoms with E-state index in [2.05, 4.69) is 9.97 Å². The molecular weight excluding hydrogens is 384 g/mol. The van der Waals surface area contributed by atoms with Crippen LogP contribution in [0.3, 0.4) is 0 Å². The number of carbonyl (C=O) groups is 1. The molecule has 0 saturated heterocycles. The van der Waals surface area contributed by atoms with Gasteiger partial charge in [-0.1, -0.05) is 48.0 Å². The molecule has 0 atom stereocenters. The molecule has 0 N–H and O–H groups in total. The molecule has 3 aromatic heterocycles. The van der Waals surface area contributed by atoms with Crippen molar-refractivity contribution in [3.63, 3.8) is 0 Å². The fraction of sp³-hybridized carbons (Fsp3) is 0.174. The Labute approximate surface area is 174 Å². The lowest BCUT2D eigenvalue weighted by molar-refractivity contribution is 0.0737. The van der Waals surface area contributed by atoms with Crippen molar-refractivity contribution in [2.24, 2.45) is 0 Å². The van der Waals surface area contributed by atoms with Crippen LogP contribution in [0.4, 0.5) is 0 Å². The van der Waals surface area contributed by atoms with Gasteiger partial charge in [0.2, 0.25) is 0 Å². The van der Waals surface area contributed by atoms with Gasteiger partial charge in [0.1, 0.15) is 11.3 Å². The molecule has 0 saturated carbocycles. The number of pyridine rings is 2. The van der Waals surface area contributed by atoms with Crippen molar-refractivity contribution in [3.05, 3.63) is 101 Å². The van der Waals surface area contributed by atoms with Crippen LogP contribution in [0.2, 0.25) is 5.02 Å². The van der Waals surface area contributed by atoms with Gasteiger partial charge in [-0.2, -0.15) is 0 Å². The average molecular weight is 405 g/mol. The molecule has 0 unspecified atom stereocenters. The first kappa shape index (κ1) is 19.2. The Morgan fingerprint density at radius 3 is 2.66 bits per heavy atom. The first-order valence-electron chi connectivity index (χ1n) is 9.49. The number of hydrogen-bond donors (Lipinski definition) is 0. The predicted molar refractivity (Wildman–Crippen MR) is 114 cm³/mol. The van der Waals surface area contributed by atoms with Gasteiger partial charge < -0.3 is 4.90 Å². The van der Waals surface area contributed by atoms with Crippen molar-refractivity contribution in [1.82, 2.24) is 19.3 Å². The van der Waals surface area contributed by atoms with Gasteiger partial charge in [0.25, 0.3) is 5.91 Å². The SMILES string of the molecule is Cc1nc2cc(Cl)ccn2c1C(=O)N(CCc1ccccn1)Cc1ccccc1. The number of amides is 1. The van der Waals surface area contributed by atoms with Gasteiger partial charge in [0.05, 0.1) is 5.69 Å². The fourth-order valence-electron chi connectivity index (χ4n) is 3.40. The Hall–Kier alpha value is -3.18. The summed E-state index contributed by atoms with van der Waals surface area (Å²) >= 11 is 6.09. The summed E-state index contributed by atoms with van der Waals surface area (Å²) in [6.07, 6.45) is 4.25. The highest BCUT2D eigenvalue weighted by molar-refractivity contribution is 6.30. The van der Waals surface area contributed by atoms with Crippen molar-refractivity contribution in [3.8, 4) is 0 Å². The molecule has 0 aliphatic carbocycles. The molecule has 1 amide bonds. The third kappa shape index (κ3) is 4.30. The van der Waals surface area contributed by atoms with Gasteiger partial charge in [-0.05, 0) is 30.7 Å². The summed E-state index contributed by atoms with van der Waals surface area (Å²) in [5, 5.41) is 0.595. The highest BCUT2D eigenvalue weighted by atomic mass is 35.5. The van der Waals surface area contributed by atoms with Crippen LogP contribution in [-0.2, 0) is 13.0 Å². The van der Waals surface area contributed by atoms with E-state index in [-0.39, 0.29) is 5.91 Å². The maximum atomic E-state index is 13.6. The summed E-state index contributed by atoms with van der Waals surface area (Å²) < 4.78 is 1.81. The van der Waals surface area contributed by atoms with E-state index in [0.29, 0.717) is 41.6 Å². The van der Waals surface area contributed by atoms with Gasteiger partial charge >= 0.3 is 0 Å². The molecule has 0 radical (unpaired) electrons. The second kappa shape index (κ2) is 8.45. The summed E-state index contributed by atoms with van der Waals surface area (Å²) in [6.45, 7) is 2.94. The first-order chi connectivity index (χ1) is 14.1. The lowest BCUT2D eigenvalue weighted by atomic mass is 10.1. The second-order valence-electron chi connectivity index (χ2n) is 6.90. The Kier molecular flexibility index (Phi) is 5.58. The van der Waals surface area contributed by atoms with Crippen molar-refractivity contribution < 1.29 is 4.79 Å². The van der Waals surface area contributed by atoms with E-state index in [0.717, 1.165) is 11.3 Å². The molecule has 0 bridgehead atoms. The zero-order chi connectivity index (χ0) is 20.2. The maximum absolute atomic E-state index is 13.6. The molecule has 3 heterocycles. The minimum atomic E-state index is -0.0582. The monoisotopic (exact) mass is 404 g/mol. The molecule has 1 aromatic carbocycles. The number of nitrogens with zero attached hydrogens (tertiary/aromatic N) is 4. The molecule has 0 fully saturated rings. The second-order valence-corrected chi connectivity index (χ2v) is 7.34. The smallest absolute Gasteiger partial charge is 0.273 e. The molecule has 146 valence electrons. The molecule has 0 aliphatic rings. The molecule has 6 heteroatoms. The van der Waals surface area contributed by atoms with Gasteiger partial charge in [-0.25, -0.2) is 4.98 Å². The maximum Gasteiger partial charge on any atom is 0.273 e. The number of aromatic nitrogens is 3. The van der Waals surface area contributed by atoms with Crippen LogP contribution >= 0.6 is 11.6 Å². The minimum absolute atomic E-state index is 0.0582. The Bertz CT molecular complexity index is 1130. The van der Waals surface area contributed by atoms with Crippen LogP contribution in [0.15, 0.2) is 73.1 Å². The summed E-state index contributed by atoms with van der Waals surface area (Å²) in [7, 11) is 0. The van der Waals surface area contributed by atoms with Crippen molar-refractivity contribution in [2.75, 3.05) is 6.54 Å².